The zero-order valence-electron chi connectivity index (χ0n) is 11.7. The van der Waals surface area contributed by atoms with E-state index < -0.39 is 0 Å². The molecule has 1 amide bonds. The van der Waals surface area contributed by atoms with Crippen molar-refractivity contribution in [3.8, 4) is 0 Å². The molecule has 3 rings (SSSR count). The lowest BCUT2D eigenvalue weighted by Crippen LogP contribution is -2.34. The Kier molecular flexibility index (Phi) is 4.22. The summed E-state index contributed by atoms with van der Waals surface area (Å²) in [5.41, 5.74) is 2.29. The van der Waals surface area contributed by atoms with Gasteiger partial charge in [-0.05, 0) is 42.7 Å². The summed E-state index contributed by atoms with van der Waals surface area (Å²) in [6, 6.07) is 15.8. The standard InChI is InChI=1S/C17H16ClNOS/c1-11(12-6-4-7-14(18)9-12)19-17(20)16-10-13-5-2-3-8-15(13)21-16/h2-9,11,16H,10H2,1H3,(H,19,20). The highest BCUT2D eigenvalue weighted by molar-refractivity contribution is 8.01. The van der Waals surface area contributed by atoms with E-state index in [2.05, 4.69) is 17.4 Å². The van der Waals surface area contributed by atoms with E-state index in [-0.39, 0.29) is 17.2 Å². The second-order valence-electron chi connectivity index (χ2n) is 5.20. The van der Waals surface area contributed by atoms with E-state index in [4.69, 9.17) is 11.6 Å². The SMILES string of the molecule is CC(NC(=O)C1Cc2ccccc2S1)c1cccc(Cl)c1. The first-order valence-electron chi connectivity index (χ1n) is 6.94. The first-order valence-corrected chi connectivity index (χ1v) is 8.19. The minimum Gasteiger partial charge on any atom is -0.349 e. The predicted molar refractivity (Wildman–Crippen MR) is 87.8 cm³/mol. The molecule has 2 unspecified atom stereocenters. The minimum absolute atomic E-state index is 0.0379. The van der Waals surface area contributed by atoms with Gasteiger partial charge in [-0.1, -0.05) is 41.9 Å². The zero-order valence-corrected chi connectivity index (χ0v) is 13.2. The van der Waals surface area contributed by atoms with Gasteiger partial charge in [0.15, 0.2) is 0 Å². The molecule has 21 heavy (non-hydrogen) atoms. The fraction of sp³-hybridized carbons (Fsp3) is 0.235. The lowest BCUT2D eigenvalue weighted by atomic mass is 10.1. The Morgan fingerprint density at radius 1 is 1.29 bits per heavy atom. The Morgan fingerprint density at radius 3 is 2.86 bits per heavy atom. The van der Waals surface area contributed by atoms with E-state index in [0.717, 1.165) is 12.0 Å². The van der Waals surface area contributed by atoms with Gasteiger partial charge in [-0.15, -0.1) is 11.8 Å². The highest BCUT2D eigenvalue weighted by Crippen LogP contribution is 2.37. The Morgan fingerprint density at radius 2 is 2.10 bits per heavy atom. The molecular formula is C17H16ClNOS. The van der Waals surface area contributed by atoms with Crippen molar-refractivity contribution >= 4 is 29.3 Å². The molecule has 1 aliphatic heterocycles. The predicted octanol–water partition coefficient (Wildman–Crippen LogP) is 4.23. The molecular weight excluding hydrogens is 302 g/mol. The van der Waals surface area contributed by atoms with Crippen molar-refractivity contribution in [2.45, 2.75) is 29.5 Å². The number of nitrogens with one attached hydrogen (secondary N) is 1. The van der Waals surface area contributed by atoms with Gasteiger partial charge in [0.05, 0.1) is 11.3 Å². The summed E-state index contributed by atoms with van der Waals surface area (Å²) in [7, 11) is 0. The lowest BCUT2D eigenvalue weighted by Gasteiger charge is -2.17. The molecule has 0 aliphatic carbocycles. The average Bonchev–Trinajstić information content (AvgIpc) is 2.91. The second kappa shape index (κ2) is 6.12. The maximum absolute atomic E-state index is 12.4. The largest absolute Gasteiger partial charge is 0.349 e. The Balaban J connectivity index is 1.65. The molecule has 2 aromatic rings. The number of hydrogen-bond donors (Lipinski definition) is 1. The minimum atomic E-state index is -0.0412. The van der Waals surface area contributed by atoms with Crippen molar-refractivity contribution in [2.75, 3.05) is 0 Å². The molecule has 4 heteroatoms. The molecule has 108 valence electrons. The van der Waals surface area contributed by atoms with Crippen LogP contribution in [0.25, 0.3) is 0 Å². The third-order valence-electron chi connectivity index (χ3n) is 3.65. The maximum Gasteiger partial charge on any atom is 0.234 e. The maximum atomic E-state index is 12.4. The summed E-state index contributed by atoms with van der Waals surface area (Å²) in [5.74, 6) is 0.0867. The smallest absolute Gasteiger partial charge is 0.234 e. The van der Waals surface area contributed by atoms with E-state index in [0.29, 0.717) is 5.02 Å². The molecule has 0 saturated carbocycles. The van der Waals surface area contributed by atoms with Crippen LogP contribution in [0.5, 0.6) is 0 Å². The van der Waals surface area contributed by atoms with Crippen molar-refractivity contribution in [1.29, 1.82) is 0 Å². The summed E-state index contributed by atoms with van der Waals surface area (Å²) < 4.78 is 0. The van der Waals surface area contributed by atoms with E-state index in [1.54, 1.807) is 11.8 Å². The van der Waals surface area contributed by atoms with Crippen LogP contribution in [0.2, 0.25) is 5.02 Å². The fourth-order valence-electron chi connectivity index (χ4n) is 2.49. The van der Waals surface area contributed by atoms with E-state index in [9.17, 15) is 4.79 Å². The van der Waals surface area contributed by atoms with Gasteiger partial charge in [0.2, 0.25) is 5.91 Å². The van der Waals surface area contributed by atoms with Crippen LogP contribution in [0, 0.1) is 0 Å². The Labute approximate surface area is 133 Å². The molecule has 1 heterocycles. The second-order valence-corrected chi connectivity index (χ2v) is 6.88. The number of thioether (sulfide) groups is 1. The van der Waals surface area contributed by atoms with Gasteiger partial charge in [0, 0.05) is 9.92 Å². The van der Waals surface area contributed by atoms with Gasteiger partial charge in [-0.2, -0.15) is 0 Å². The van der Waals surface area contributed by atoms with Gasteiger partial charge < -0.3 is 5.32 Å². The molecule has 0 radical (unpaired) electrons. The number of benzene rings is 2. The van der Waals surface area contributed by atoms with Crippen molar-refractivity contribution in [3.05, 3.63) is 64.7 Å². The number of hydrogen-bond acceptors (Lipinski definition) is 2. The number of rotatable bonds is 3. The van der Waals surface area contributed by atoms with Crippen molar-refractivity contribution < 1.29 is 4.79 Å². The average molecular weight is 318 g/mol. The molecule has 0 bridgehead atoms. The molecule has 0 fully saturated rings. The number of carbonyl (C=O) groups is 1. The molecule has 0 aromatic heterocycles. The number of fused-ring (bicyclic) bond motifs is 1. The number of carbonyl (C=O) groups excluding carboxylic acids is 1. The molecule has 0 saturated heterocycles. The number of amides is 1. The topological polar surface area (TPSA) is 29.1 Å². The van der Waals surface area contributed by atoms with Crippen LogP contribution in [0.1, 0.15) is 24.1 Å². The van der Waals surface area contributed by atoms with Crippen LogP contribution in [-0.4, -0.2) is 11.2 Å². The fourth-order valence-corrected chi connectivity index (χ4v) is 3.90. The molecule has 1 N–H and O–H groups in total. The number of halogens is 1. The van der Waals surface area contributed by atoms with Gasteiger partial charge >= 0.3 is 0 Å². The molecule has 2 aromatic carbocycles. The third kappa shape index (κ3) is 3.25. The van der Waals surface area contributed by atoms with Gasteiger partial charge in [0.25, 0.3) is 0 Å². The third-order valence-corrected chi connectivity index (χ3v) is 5.20. The molecule has 0 spiro atoms. The highest BCUT2D eigenvalue weighted by atomic mass is 35.5. The van der Waals surface area contributed by atoms with Crippen LogP contribution in [-0.2, 0) is 11.2 Å². The highest BCUT2D eigenvalue weighted by Gasteiger charge is 2.28. The quantitative estimate of drug-likeness (QED) is 0.917. The Hall–Kier alpha value is -1.45. The van der Waals surface area contributed by atoms with Crippen molar-refractivity contribution in [3.63, 3.8) is 0 Å². The normalized spacial score (nSPS) is 18.1. The Bertz CT molecular complexity index is 648. The van der Waals surface area contributed by atoms with E-state index in [1.165, 1.54) is 10.5 Å². The zero-order chi connectivity index (χ0) is 14.8. The van der Waals surface area contributed by atoms with E-state index >= 15 is 0 Å². The van der Waals surface area contributed by atoms with Crippen LogP contribution in [0.4, 0.5) is 0 Å². The molecule has 2 atom stereocenters. The lowest BCUT2D eigenvalue weighted by molar-refractivity contribution is -0.121. The van der Waals surface area contributed by atoms with Crippen molar-refractivity contribution in [2.24, 2.45) is 0 Å². The van der Waals surface area contributed by atoms with Crippen LogP contribution in [0.15, 0.2) is 53.4 Å². The summed E-state index contributed by atoms with van der Waals surface area (Å²) in [6.07, 6.45) is 0.801. The van der Waals surface area contributed by atoms with Crippen LogP contribution >= 0.6 is 23.4 Å². The van der Waals surface area contributed by atoms with Crippen molar-refractivity contribution in [1.82, 2.24) is 5.32 Å². The van der Waals surface area contributed by atoms with Crippen LogP contribution < -0.4 is 5.32 Å². The summed E-state index contributed by atoms with van der Waals surface area (Å²) in [4.78, 5) is 13.6. The summed E-state index contributed by atoms with van der Waals surface area (Å²) in [6.45, 7) is 1.98. The summed E-state index contributed by atoms with van der Waals surface area (Å²) >= 11 is 7.64. The van der Waals surface area contributed by atoms with Crippen LogP contribution in [0.3, 0.4) is 0 Å². The van der Waals surface area contributed by atoms with Gasteiger partial charge in [0.1, 0.15) is 0 Å². The van der Waals surface area contributed by atoms with Gasteiger partial charge in [-0.25, -0.2) is 0 Å². The summed E-state index contributed by atoms with van der Waals surface area (Å²) in [5, 5.41) is 3.73. The van der Waals surface area contributed by atoms with Gasteiger partial charge in [-0.3, -0.25) is 4.79 Å². The first kappa shape index (κ1) is 14.5. The molecule has 1 aliphatic rings. The monoisotopic (exact) mass is 317 g/mol. The van der Waals surface area contributed by atoms with E-state index in [1.807, 2.05) is 43.3 Å². The molecule has 2 nitrogen and oxygen atoms in total. The first-order chi connectivity index (χ1) is 10.1.